The van der Waals surface area contributed by atoms with Crippen molar-refractivity contribution < 1.29 is 22.8 Å². The van der Waals surface area contributed by atoms with E-state index in [1.54, 1.807) is 34.2 Å². The van der Waals surface area contributed by atoms with Crippen LogP contribution in [-0.2, 0) is 44.2 Å². The number of halogens is 3. The fourth-order valence-electron chi connectivity index (χ4n) is 6.65. The van der Waals surface area contributed by atoms with Crippen molar-refractivity contribution in [3.63, 3.8) is 0 Å². The number of amides is 2. The summed E-state index contributed by atoms with van der Waals surface area (Å²) in [6, 6.07) is 10.2. The highest BCUT2D eigenvalue weighted by atomic mass is 19.4. The van der Waals surface area contributed by atoms with Crippen LogP contribution < -0.4 is 4.90 Å². The van der Waals surface area contributed by atoms with E-state index in [0.717, 1.165) is 42.3 Å². The van der Waals surface area contributed by atoms with Gasteiger partial charge < -0.3 is 14.4 Å². The molecular weight excluding hydrogens is 571 g/mol. The Morgan fingerprint density at radius 2 is 1.98 bits per heavy atom. The van der Waals surface area contributed by atoms with Gasteiger partial charge in [0, 0.05) is 42.5 Å². The van der Waals surface area contributed by atoms with Gasteiger partial charge in [-0.1, -0.05) is 25.1 Å². The zero-order valence-corrected chi connectivity index (χ0v) is 24.1. The average Bonchev–Trinajstić information content (AvgIpc) is 3.73. The van der Waals surface area contributed by atoms with Gasteiger partial charge in [0.05, 0.1) is 30.9 Å². The van der Waals surface area contributed by atoms with Crippen molar-refractivity contribution in [2.45, 2.75) is 57.5 Å². The summed E-state index contributed by atoms with van der Waals surface area (Å²) in [6.07, 6.45) is 3.24. The Balaban J connectivity index is 1.19. The second-order valence-electron chi connectivity index (χ2n) is 11.8. The summed E-state index contributed by atoms with van der Waals surface area (Å²) in [7, 11) is 1.90. The molecule has 0 N–H and O–H groups in total. The molecule has 4 heterocycles. The van der Waals surface area contributed by atoms with Crippen molar-refractivity contribution in [2.24, 2.45) is 13.0 Å². The van der Waals surface area contributed by atoms with E-state index < -0.39 is 17.6 Å². The molecule has 3 aliphatic rings. The first kappa shape index (κ1) is 28.1. The summed E-state index contributed by atoms with van der Waals surface area (Å²) in [6.45, 7) is 4.07. The molecule has 0 spiro atoms. The number of aromatic nitrogens is 5. The molecule has 2 amide bonds. The first-order chi connectivity index (χ1) is 21.1. The van der Waals surface area contributed by atoms with Gasteiger partial charge in [-0.2, -0.15) is 18.3 Å². The number of anilines is 1. The van der Waals surface area contributed by atoms with Crippen LogP contribution in [0.2, 0.25) is 0 Å². The maximum absolute atomic E-state index is 14.4. The van der Waals surface area contributed by atoms with E-state index in [2.05, 4.69) is 21.9 Å². The predicted octanol–water partition coefficient (Wildman–Crippen LogP) is 5.20. The molecule has 226 valence electrons. The molecule has 1 atom stereocenters. The minimum absolute atomic E-state index is 0.0220. The number of fused-ring (bicyclic) bond motifs is 2. The molecule has 0 unspecified atom stereocenters. The zero-order chi connectivity index (χ0) is 30.7. The van der Waals surface area contributed by atoms with Crippen molar-refractivity contribution in [3.8, 4) is 0 Å². The van der Waals surface area contributed by atoms with E-state index in [1.165, 1.54) is 11.0 Å². The average molecular weight is 602 g/mol. The van der Waals surface area contributed by atoms with Crippen molar-refractivity contribution in [1.82, 2.24) is 29.4 Å². The van der Waals surface area contributed by atoms with Crippen molar-refractivity contribution in [1.29, 1.82) is 0 Å². The number of alkyl halides is 3. The van der Waals surface area contributed by atoms with Crippen LogP contribution in [0.1, 0.15) is 74.9 Å². The Kier molecular flexibility index (Phi) is 6.67. The Hall–Kier alpha value is -4.74. The third kappa shape index (κ3) is 4.78. The Bertz CT molecular complexity index is 1780. The van der Waals surface area contributed by atoms with E-state index in [1.807, 2.05) is 29.8 Å². The third-order valence-electron chi connectivity index (χ3n) is 9.05. The van der Waals surface area contributed by atoms with Gasteiger partial charge in [-0.3, -0.25) is 14.3 Å². The van der Waals surface area contributed by atoms with Crippen LogP contribution in [0.25, 0.3) is 0 Å². The molecule has 1 fully saturated rings. The molecule has 44 heavy (non-hydrogen) atoms. The molecule has 1 saturated carbocycles. The minimum atomic E-state index is -4.64. The fourth-order valence-corrected chi connectivity index (χ4v) is 6.65. The zero-order valence-electron chi connectivity index (χ0n) is 24.1. The molecule has 2 aromatic heterocycles. The largest absolute Gasteiger partial charge is 0.416 e. The number of hydrogen-bond acceptors (Lipinski definition) is 5. The van der Waals surface area contributed by atoms with Gasteiger partial charge in [0.25, 0.3) is 5.91 Å². The Labute approximate surface area is 251 Å². The molecule has 2 aromatic carbocycles. The third-order valence-corrected chi connectivity index (χ3v) is 9.05. The van der Waals surface area contributed by atoms with Gasteiger partial charge in [0.1, 0.15) is 12.2 Å². The molecule has 0 bridgehead atoms. The summed E-state index contributed by atoms with van der Waals surface area (Å²) in [5, 5.41) is 12.9. The Morgan fingerprint density at radius 1 is 1.16 bits per heavy atom. The van der Waals surface area contributed by atoms with Gasteiger partial charge in [-0.15, -0.1) is 10.2 Å². The number of carbonyl (C=O) groups excluding carboxylic acids is 2. The Morgan fingerprint density at radius 3 is 2.64 bits per heavy atom. The molecule has 0 saturated heterocycles. The van der Waals surface area contributed by atoms with E-state index in [-0.39, 0.29) is 36.0 Å². The van der Waals surface area contributed by atoms with E-state index >= 15 is 0 Å². The lowest BCUT2D eigenvalue weighted by molar-refractivity contribution is -0.138. The molecule has 0 radical (unpaired) electrons. The van der Waals surface area contributed by atoms with Crippen LogP contribution in [0.5, 0.6) is 0 Å². The quantitative estimate of drug-likeness (QED) is 0.272. The standard InChI is InChI=1S/C32H30F3N7O2/c1-3-28(43)40-14-22-15-41(38-27(22)17-40)13-19-10-24-25(26(11-19)32(33,34)35)16-42(31(24)44)23-9-5-8-21(12-23)29(20-6-4-7-20)30-37-36-18-39(30)2/h3,5,8-12,15,18,20,29H,1,4,6-7,13-14,16-17H2,2H3/t29-/m1/s1. The highest BCUT2D eigenvalue weighted by Gasteiger charge is 2.41. The lowest BCUT2D eigenvalue weighted by Gasteiger charge is -2.33. The van der Waals surface area contributed by atoms with Gasteiger partial charge in [-0.05, 0) is 65.8 Å². The molecule has 9 nitrogen and oxygen atoms in total. The highest BCUT2D eigenvalue weighted by Crippen LogP contribution is 2.44. The summed E-state index contributed by atoms with van der Waals surface area (Å²) in [4.78, 5) is 28.7. The SMILES string of the molecule is C=CC(=O)N1Cc2cn(Cc3cc4c(c(C(F)(F)F)c3)CN(c3cccc([C@H](c5nncn5C)C5CCC5)c3)C4=O)nc2C1. The fraction of sp³-hybridized carbons (Fsp3) is 0.344. The van der Waals surface area contributed by atoms with E-state index in [9.17, 15) is 22.8 Å². The lowest BCUT2D eigenvalue weighted by atomic mass is 9.72. The number of aryl methyl sites for hydroxylation is 1. The molecule has 2 aliphatic heterocycles. The number of hydrogen-bond donors (Lipinski definition) is 0. The smallest absolute Gasteiger partial charge is 0.329 e. The first-order valence-corrected chi connectivity index (χ1v) is 14.6. The number of benzene rings is 2. The molecule has 4 aromatic rings. The summed E-state index contributed by atoms with van der Waals surface area (Å²) < 4.78 is 46.6. The van der Waals surface area contributed by atoms with Gasteiger partial charge in [-0.25, -0.2) is 0 Å². The number of carbonyl (C=O) groups is 2. The second-order valence-corrected chi connectivity index (χ2v) is 11.8. The van der Waals surface area contributed by atoms with Crippen LogP contribution in [0.15, 0.2) is 61.6 Å². The number of rotatable bonds is 7. The lowest BCUT2D eigenvalue weighted by Crippen LogP contribution is -2.25. The van der Waals surface area contributed by atoms with Gasteiger partial charge >= 0.3 is 6.18 Å². The number of nitrogens with zero attached hydrogens (tertiary/aromatic N) is 7. The molecule has 7 rings (SSSR count). The van der Waals surface area contributed by atoms with Crippen LogP contribution in [0.3, 0.4) is 0 Å². The van der Waals surface area contributed by atoms with Crippen LogP contribution in [0, 0.1) is 5.92 Å². The van der Waals surface area contributed by atoms with Crippen molar-refractivity contribution in [2.75, 3.05) is 4.90 Å². The maximum Gasteiger partial charge on any atom is 0.416 e. The van der Waals surface area contributed by atoms with Gasteiger partial charge in [0.15, 0.2) is 0 Å². The summed E-state index contributed by atoms with van der Waals surface area (Å²) >= 11 is 0. The van der Waals surface area contributed by atoms with Crippen LogP contribution in [0.4, 0.5) is 18.9 Å². The van der Waals surface area contributed by atoms with Crippen LogP contribution >= 0.6 is 0 Å². The molecule has 1 aliphatic carbocycles. The summed E-state index contributed by atoms with van der Waals surface area (Å²) in [5.41, 5.74) is 2.57. The molecular formula is C32H30F3N7O2. The monoisotopic (exact) mass is 601 g/mol. The molecule has 12 heteroatoms. The van der Waals surface area contributed by atoms with Crippen molar-refractivity contribution >= 4 is 17.5 Å². The maximum atomic E-state index is 14.4. The topological polar surface area (TPSA) is 89.2 Å². The normalized spacial score (nSPS) is 17.0. The van der Waals surface area contributed by atoms with Crippen LogP contribution in [-0.4, -0.2) is 41.3 Å². The van der Waals surface area contributed by atoms with E-state index in [4.69, 9.17) is 0 Å². The predicted molar refractivity (Wildman–Crippen MR) is 154 cm³/mol. The minimum Gasteiger partial charge on any atom is -0.329 e. The summed E-state index contributed by atoms with van der Waals surface area (Å²) in [5.74, 6) is 0.518. The first-order valence-electron chi connectivity index (χ1n) is 14.6. The van der Waals surface area contributed by atoms with Gasteiger partial charge in [0.2, 0.25) is 5.91 Å². The van der Waals surface area contributed by atoms with Crippen molar-refractivity contribution in [3.05, 3.63) is 106 Å². The second kappa shape index (κ2) is 10.5. The van der Waals surface area contributed by atoms with E-state index in [0.29, 0.717) is 36.0 Å². The highest BCUT2D eigenvalue weighted by molar-refractivity contribution is 6.10.